The van der Waals surface area contributed by atoms with Crippen LogP contribution in [0.5, 0.6) is 0 Å². The summed E-state index contributed by atoms with van der Waals surface area (Å²) < 4.78 is 5.37. The minimum absolute atomic E-state index is 0.00990. The van der Waals surface area contributed by atoms with E-state index in [-0.39, 0.29) is 54.1 Å². The Labute approximate surface area is 168 Å². The Morgan fingerprint density at radius 2 is 1.90 bits per heavy atom. The maximum atomic E-state index is 12.5. The van der Waals surface area contributed by atoms with Gasteiger partial charge in [0.05, 0.1) is 23.3 Å². The summed E-state index contributed by atoms with van der Waals surface area (Å²) in [5.41, 5.74) is 1.49. The lowest BCUT2D eigenvalue weighted by Crippen LogP contribution is -2.26. The maximum Gasteiger partial charge on any atom is 0.305 e. The molecule has 0 unspecified atom stereocenters. The number of aryl methyl sites for hydroxylation is 1. The average Bonchev–Trinajstić information content (AvgIpc) is 3.01. The Hall–Kier alpha value is -2.77. The molecule has 0 amide bonds. The topological polar surface area (TPSA) is 130 Å². The third kappa shape index (κ3) is 4.81. The SMILES string of the molecule is CC1(C)CC(=O)c2c(CC/C(O)=C3\C(=O)CCCC3=NCCC(=O)O)noc2C1. The van der Waals surface area contributed by atoms with Crippen molar-refractivity contribution in [2.24, 2.45) is 10.4 Å². The molecule has 1 heterocycles. The van der Waals surface area contributed by atoms with Crippen LogP contribution in [0.15, 0.2) is 20.8 Å². The number of nitrogens with zero attached hydrogens (tertiary/aromatic N) is 2. The van der Waals surface area contributed by atoms with Crippen LogP contribution in [-0.2, 0) is 22.4 Å². The highest BCUT2D eigenvalue weighted by Crippen LogP contribution is 2.36. The quantitative estimate of drug-likeness (QED) is 0.552. The van der Waals surface area contributed by atoms with Crippen LogP contribution in [0.1, 0.15) is 74.2 Å². The molecule has 156 valence electrons. The number of hydrogen-bond donors (Lipinski definition) is 2. The van der Waals surface area contributed by atoms with Crippen molar-refractivity contribution in [3.63, 3.8) is 0 Å². The first kappa shape index (κ1) is 21.0. The molecule has 1 fully saturated rings. The zero-order chi connectivity index (χ0) is 21.2. The number of carboxylic acids is 1. The van der Waals surface area contributed by atoms with E-state index in [1.807, 2.05) is 13.8 Å². The normalized spacial score (nSPS) is 21.9. The van der Waals surface area contributed by atoms with Crippen LogP contribution in [-0.4, -0.2) is 45.2 Å². The number of aliphatic imine (C=N–C) groups is 1. The first-order valence-corrected chi connectivity index (χ1v) is 9.89. The molecular weight excluding hydrogens is 376 g/mol. The number of aromatic nitrogens is 1. The fraction of sp³-hybridized carbons (Fsp3) is 0.571. The Bertz CT molecular complexity index is 906. The molecule has 1 aromatic rings. The minimum Gasteiger partial charge on any atom is -0.511 e. The molecule has 0 spiro atoms. The zero-order valence-corrected chi connectivity index (χ0v) is 16.8. The van der Waals surface area contributed by atoms with E-state index in [4.69, 9.17) is 9.63 Å². The molecular formula is C21H26N2O6. The van der Waals surface area contributed by atoms with Crippen LogP contribution < -0.4 is 0 Å². The van der Waals surface area contributed by atoms with Gasteiger partial charge in [-0.05, 0) is 18.3 Å². The highest BCUT2D eigenvalue weighted by Gasteiger charge is 2.36. The molecule has 1 saturated carbocycles. The van der Waals surface area contributed by atoms with Gasteiger partial charge in [0, 0.05) is 44.4 Å². The summed E-state index contributed by atoms with van der Waals surface area (Å²) >= 11 is 0. The standard InChI is InChI=1S/C21H26N2O6/c1-21(2)10-16(26)20-13(23-29-17(20)11-21)6-7-15(25)19-12(4-3-5-14(19)24)22-9-8-18(27)28/h25H,3-11H2,1-2H3,(H,27,28)/b19-15+,22-12?. The Balaban J connectivity index is 1.78. The smallest absolute Gasteiger partial charge is 0.305 e. The van der Waals surface area contributed by atoms with Gasteiger partial charge in [-0.25, -0.2) is 0 Å². The Morgan fingerprint density at radius 1 is 1.14 bits per heavy atom. The minimum atomic E-state index is -0.963. The van der Waals surface area contributed by atoms with Gasteiger partial charge in [-0.1, -0.05) is 19.0 Å². The monoisotopic (exact) mass is 402 g/mol. The highest BCUT2D eigenvalue weighted by atomic mass is 16.5. The number of carboxylic acid groups (broad SMARTS) is 1. The third-order valence-electron chi connectivity index (χ3n) is 5.29. The Kier molecular flexibility index (Phi) is 6.00. The van der Waals surface area contributed by atoms with E-state index >= 15 is 0 Å². The van der Waals surface area contributed by atoms with E-state index in [0.29, 0.717) is 54.8 Å². The van der Waals surface area contributed by atoms with Gasteiger partial charge in [-0.15, -0.1) is 0 Å². The number of ketones is 2. The van der Waals surface area contributed by atoms with Crippen molar-refractivity contribution in [3.8, 4) is 0 Å². The molecule has 0 saturated heterocycles. The third-order valence-corrected chi connectivity index (χ3v) is 5.29. The van der Waals surface area contributed by atoms with Gasteiger partial charge in [-0.3, -0.25) is 19.4 Å². The van der Waals surface area contributed by atoms with Crippen LogP contribution in [0.25, 0.3) is 0 Å². The van der Waals surface area contributed by atoms with Crippen molar-refractivity contribution in [2.75, 3.05) is 6.54 Å². The number of carbonyl (C=O) groups is 3. The van der Waals surface area contributed by atoms with Gasteiger partial charge in [0.15, 0.2) is 11.6 Å². The molecule has 8 nitrogen and oxygen atoms in total. The molecule has 0 atom stereocenters. The van der Waals surface area contributed by atoms with Crippen molar-refractivity contribution in [3.05, 3.63) is 28.3 Å². The molecule has 8 heteroatoms. The summed E-state index contributed by atoms with van der Waals surface area (Å²) in [5.74, 6) is -0.677. The van der Waals surface area contributed by atoms with E-state index in [0.717, 1.165) is 0 Å². The Morgan fingerprint density at radius 3 is 2.62 bits per heavy atom. The molecule has 3 rings (SSSR count). The number of rotatable bonds is 6. The predicted molar refractivity (Wildman–Crippen MR) is 104 cm³/mol. The van der Waals surface area contributed by atoms with Crippen molar-refractivity contribution in [2.45, 2.75) is 65.2 Å². The van der Waals surface area contributed by atoms with Gasteiger partial charge in [0.1, 0.15) is 11.5 Å². The second-order valence-corrected chi connectivity index (χ2v) is 8.44. The number of aliphatic carboxylic acids is 1. The summed E-state index contributed by atoms with van der Waals surface area (Å²) in [7, 11) is 0. The second kappa shape index (κ2) is 8.31. The number of carbonyl (C=O) groups excluding carboxylic acids is 2. The number of fused-ring (bicyclic) bond motifs is 1. The molecule has 0 bridgehead atoms. The lowest BCUT2D eigenvalue weighted by molar-refractivity contribution is -0.136. The highest BCUT2D eigenvalue weighted by molar-refractivity contribution is 6.24. The maximum absolute atomic E-state index is 12.5. The van der Waals surface area contributed by atoms with Crippen molar-refractivity contribution >= 4 is 23.2 Å². The van der Waals surface area contributed by atoms with Crippen LogP contribution in [0.3, 0.4) is 0 Å². The first-order chi connectivity index (χ1) is 13.7. The second-order valence-electron chi connectivity index (χ2n) is 8.44. The van der Waals surface area contributed by atoms with Crippen LogP contribution in [0.4, 0.5) is 0 Å². The number of aliphatic hydroxyl groups excluding tert-OH is 1. The number of hydrogen-bond acceptors (Lipinski definition) is 7. The largest absolute Gasteiger partial charge is 0.511 e. The average molecular weight is 402 g/mol. The van der Waals surface area contributed by atoms with E-state index in [1.54, 1.807) is 0 Å². The lowest BCUT2D eigenvalue weighted by atomic mass is 9.76. The first-order valence-electron chi connectivity index (χ1n) is 9.89. The fourth-order valence-electron chi connectivity index (χ4n) is 3.95. The zero-order valence-electron chi connectivity index (χ0n) is 16.8. The molecule has 2 aliphatic carbocycles. The van der Waals surface area contributed by atoms with E-state index < -0.39 is 5.97 Å². The molecule has 2 aliphatic rings. The van der Waals surface area contributed by atoms with Crippen molar-refractivity contribution < 1.29 is 29.1 Å². The predicted octanol–water partition coefficient (Wildman–Crippen LogP) is 3.24. The number of allylic oxidation sites excluding steroid dienone is 2. The van der Waals surface area contributed by atoms with E-state index in [1.165, 1.54) is 0 Å². The summed E-state index contributed by atoms with van der Waals surface area (Å²) in [6.45, 7) is 4.08. The van der Waals surface area contributed by atoms with Gasteiger partial charge in [0.2, 0.25) is 0 Å². The number of aliphatic hydroxyl groups is 1. The molecule has 2 N–H and O–H groups in total. The molecule has 1 aromatic heterocycles. The lowest BCUT2D eigenvalue weighted by Gasteiger charge is -2.26. The summed E-state index contributed by atoms with van der Waals surface area (Å²) in [6.07, 6.45) is 2.80. The summed E-state index contributed by atoms with van der Waals surface area (Å²) in [6, 6.07) is 0. The van der Waals surface area contributed by atoms with Crippen LogP contribution >= 0.6 is 0 Å². The van der Waals surface area contributed by atoms with Gasteiger partial charge < -0.3 is 14.7 Å². The summed E-state index contributed by atoms with van der Waals surface area (Å²) in [4.78, 5) is 39.8. The molecule has 0 aromatic carbocycles. The van der Waals surface area contributed by atoms with Gasteiger partial charge >= 0.3 is 5.97 Å². The number of Topliss-reactive ketones (excluding diaryl/α,β-unsaturated/α-hetero) is 2. The van der Waals surface area contributed by atoms with E-state index in [9.17, 15) is 19.5 Å². The van der Waals surface area contributed by atoms with Crippen molar-refractivity contribution in [1.29, 1.82) is 0 Å². The fourth-order valence-corrected chi connectivity index (χ4v) is 3.95. The van der Waals surface area contributed by atoms with Gasteiger partial charge in [-0.2, -0.15) is 0 Å². The van der Waals surface area contributed by atoms with Crippen molar-refractivity contribution in [1.82, 2.24) is 5.16 Å². The molecule has 0 aliphatic heterocycles. The summed E-state index contributed by atoms with van der Waals surface area (Å²) in [5, 5.41) is 23.4. The van der Waals surface area contributed by atoms with E-state index in [2.05, 4.69) is 10.1 Å². The molecule has 29 heavy (non-hydrogen) atoms. The molecule has 0 radical (unpaired) electrons. The van der Waals surface area contributed by atoms with Crippen LogP contribution in [0, 0.1) is 5.41 Å². The van der Waals surface area contributed by atoms with Crippen LogP contribution in [0.2, 0.25) is 0 Å². The van der Waals surface area contributed by atoms with Gasteiger partial charge in [0.25, 0.3) is 0 Å².